The van der Waals surface area contributed by atoms with Crippen molar-refractivity contribution >= 4 is 11.6 Å². The van der Waals surface area contributed by atoms with E-state index in [0.29, 0.717) is 12.0 Å². The van der Waals surface area contributed by atoms with Gasteiger partial charge in [0, 0.05) is 38.6 Å². The zero-order valence-electron chi connectivity index (χ0n) is 10.8. The van der Waals surface area contributed by atoms with Crippen LogP contribution in [0.15, 0.2) is 0 Å². The summed E-state index contributed by atoms with van der Waals surface area (Å²) in [6, 6.07) is 0. The van der Waals surface area contributed by atoms with E-state index in [9.17, 15) is 0 Å². The van der Waals surface area contributed by atoms with E-state index in [1.54, 1.807) is 0 Å². The molecule has 0 bridgehead atoms. The molecule has 0 spiro atoms. The SMILES string of the molecule is CC1CN(CC2CN(C)CCO2)CC(CCl)O1. The molecule has 0 saturated carbocycles. The van der Waals surface area contributed by atoms with E-state index in [0.717, 1.165) is 39.3 Å². The molecule has 3 atom stereocenters. The van der Waals surface area contributed by atoms with Gasteiger partial charge in [0.2, 0.25) is 0 Å². The molecule has 0 aromatic carbocycles. The summed E-state index contributed by atoms with van der Waals surface area (Å²) >= 11 is 5.89. The van der Waals surface area contributed by atoms with E-state index in [1.165, 1.54) is 0 Å². The highest BCUT2D eigenvalue weighted by atomic mass is 35.5. The van der Waals surface area contributed by atoms with Gasteiger partial charge in [-0.15, -0.1) is 11.6 Å². The van der Waals surface area contributed by atoms with E-state index >= 15 is 0 Å². The molecule has 0 amide bonds. The summed E-state index contributed by atoms with van der Waals surface area (Å²) in [6.07, 6.45) is 0.769. The van der Waals surface area contributed by atoms with Crippen molar-refractivity contribution in [3.8, 4) is 0 Å². The van der Waals surface area contributed by atoms with Crippen molar-refractivity contribution in [2.24, 2.45) is 0 Å². The Morgan fingerprint density at radius 2 is 2.06 bits per heavy atom. The third-order valence-corrected chi connectivity index (χ3v) is 3.72. The molecule has 0 aliphatic carbocycles. The predicted molar refractivity (Wildman–Crippen MR) is 68.7 cm³/mol. The third kappa shape index (κ3) is 4.07. The number of likely N-dealkylation sites (N-methyl/N-ethyl adjacent to an activating group) is 1. The fraction of sp³-hybridized carbons (Fsp3) is 1.00. The van der Waals surface area contributed by atoms with Gasteiger partial charge < -0.3 is 14.4 Å². The summed E-state index contributed by atoms with van der Waals surface area (Å²) in [5.41, 5.74) is 0. The highest BCUT2D eigenvalue weighted by Gasteiger charge is 2.28. The number of hydrogen-bond acceptors (Lipinski definition) is 4. The highest BCUT2D eigenvalue weighted by molar-refractivity contribution is 6.18. The lowest BCUT2D eigenvalue weighted by Crippen LogP contribution is -2.52. The van der Waals surface area contributed by atoms with Crippen LogP contribution in [0.3, 0.4) is 0 Å². The number of hydrogen-bond donors (Lipinski definition) is 0. The smallest absolute Gasteiger partial charge is 0.0841 e. The van der Waals surface area contributed by atoms with Gasteiger partial charge in [0.15, 0.2) is 0 Å². The number of rotatable bonds is 3. The third-order valence-electron chi connectivity index (χ3n) is 3.38. The van der Waals surface area contributed by atoms with Crippen molar-refractivity contribution in [3.05, 3.63) is 0 Å². The largest absolute Gasteiger partial charge is 0.374 e. The molecule has 0 aromatic rings. The molecule has 2 rings (SSSR count). The summed E-state index contributed by atoms with van der Waals surface area (Å²) < 4.78 is 11.5. The zero-order valence-corrected chi connectivity index (χ0v) is 11.5. The maximum absolute atomic E-state index is 5.89. The van der Waals surface area contributed by atoms with Crippen LogP contribution in [0.4, 0.5) is 0 Å². The minimum absolute atomic E-state index is 0.168. The van der Waals surface area contributed by atoms with Gasteiger partial charge in [0.1, 0.15) is 0 Å². The number of nitrogens with zero attached hydrogens (tertiary/aromatic N) is 2. The van der Waals surface area contributed by atoms with Crippen LogP contribution in [0.1, 0.15) is 6.92 Å². The van der Waals surface area contributed by atoms with Gasteiger partial charge in [-0.3, -0.25) is 4.90 Å². The van der Waals surface area contributed by atoms with Crippen molar-refractivity contribution in [2.45, 2.75) is 25.2 Å². The highest BCUT2D eigenvalue weighted by Crippen LogP contribution is 2.14. The number of halogens is 1. The molecule has 0 radical (unpaired) electrons. The van der Waals surface area contributed by atoms with Crippen LogP contribution in [0.2, 0.25) is 0 Å². The van der Waals surface area contributed by atoms with Gasteiger partial charge in [-0.1, -0.05) is 0 Å². The van der Waals surface area contributed by atoms with Crippen molar-refractivity contribution in [1.29, 1.82) is 0 Å². The first kappa shape index (κ1) is 13.6. The Balaban J connectivity index is 1.80. The van der Waals surface area contributed by atoms with Crippen molar-refractivity contribution < 1.29 is 9.47 Å². The lowest BCUT2D eigenvalue weighted by atomic mass is 10.2. The summed E-state index contributed by atoms with van der Waals surface area (Å²) in [5, 5.41) is 0. The Labute approximate surface area is 109 Å². The van der Waals surface area contributed by atoms with Gasteiger partial charge in [0.05, 0.1) is 24.9 Å². The van der Waals surface area contributed by atoms with Crippen LogP contribution in [0, 0.1) is 0 Å². The van der Waals surface area contributed by atoms with Crippen molar-refractivity contribution in [1.82, 2.24) is 9.80 Å². The van der Waals surface area contributed by atoms with Crippen LogP contribution < -0.4 is 0 Å². The van der Waals surface area contributed by atoms with Crippen LogP contribution >= 0.6 is 11.6 Å². The van der Waals surface area contributed by atoms with E-state index in [2.05, 4.69) is 23.8 Å². The number of morpholine rings is 2. The fourth-order valence-electron chi connectivity index (χ4n) is 2.64. The van der Waals surface area contributed by atoms with Crippen molar-refractivity contribution in [3.63, 3.8) is 0 Å². The monoisotopic (exact) mass is 262 g/mol. The van der Waals surface area contributed by atoms with Gasteiger partial charge in [-0.05, 0) is 14.0 Å². The lowest BCUT2D eigenvalue weighted by Gasteiger charge is -2.39. The summed E-state index contributed by atoms with van der Waals surface area (Å²) in [4.78, 5) is 4.75. The summed E-state index contributed by atoms with van der Waals surface area (Å²) in [5.74, 6) is 0.576. The average molecular weight is 263 g/mol. The standard InChI is InChI=1S/C12H23ClN2O2/c1-10-6-15(8-11(5-13)17-10)9-12-7-14(2)3-4-16-12/h10-12H,3-9H2,1-2H3. The Morgan fingerprint density at radius 1 is 1.24 bits per heavy atom. The van der Waals surface area contributed by atoms with E-state index in [4.69, 9.17) is 21.1 Å². The second kappa shape index (κ2) is 6.34. The minimum Gasteiger partial charge on any atom is -0.374 e. The molecule has 4 nitrogen and oxygen atoms in total. The molecule has 2 saturated heterocycles. The van der Waals surface area contributed by atoms with Gasteiger partial charge in [0.25, 0.3) is 0 Å². The maximum Gasteiger partial charge on any atom is 0.0841 e. The second-order valence-electron chi connectivity index (χ2n) is 5.20. The Morgan fingerprint density at radius 3 is 2.76 bits per heavy atom. The first-order chi connectivity index (χ1) is 8.17. The van der Waals surface area contributed by atoms with Crippen molar-refractivity contribution in [2.75, 3.05) is 52.3 Å². The first-order valence-corrected chi connectivity index (χ1v) is 6.94. The normalized spacial score (nSPS) is 37.2. The Bertz CT molecular complexity index is 243. The maximum atomic E-state index is 5.89. The molecule has 0 aromatic heterocycles. The minimum atomic E-state index is 0.168. The molecule has 17 heavy (non-hydrogen) atoms. The quantitative estimate of drug-likeness (QED) is 0.697. The average Bonchev–Trinajstić information content (AvgIpc) is 2.28. The molecular formula is C12H23ClN2O2. The van der Waals surface area contributed by atoms with Gasteiger partial charge >= 0.3 is 0 Å². The van der Waals surface area contributed by atoms with Crippen LogP contribution in [-0.2, 0) is 9.47 Å². The topological polar surface area (TPSA) is 24.9 Å². The zero-order chi connectivity index (χ0) is 12.3. The fourth-order valence-corrected chi connectivity index (χ4v) is 2.81. The van der Waals surface area contributed by atoms with Crippen LogP contribution in [0.5, 0.6) is 0 Å². The molecule has 2 fully saturated rings. The molecular weight excluding hydrogens is 240 g/mol. The van der Waals surface area contributed by atoms with E-state index in [1.807, 2.05) is 0 Å². The van der Waals surface area contributed by atoms with Crippen LogP contribution in [0.25, 0.3) is 0 Å². The molecule has 100 valence electrons. The van der Waals surface area contributed by atoms with E-state index < -0.39 is 0 Å². The predicted octanol–water partition coefficient (Wildman–Crippen LogP) is 0.645. The number of ether oxygens (including phenoxy) is 2. The summed E-state index contributed by atoms with van der Waals surface area (Å²) in [6.45, 7) is 7.93. The molecule has 2 aliphatic rings. The molecule has 5 heteroatoms. The molecule has 0 N–H and O–H groups in total. The molecule has 2 aliphatic heterocycles. The Kier molecular flexibility index (Phi) is 5.06. The molecule has 2 heterocycles. The van der Waals surface area contributed by atoms with Gasteiger partial charge in [-0.25, -0.2) is 0 Å². The second-order valence-corrected chi connectivity index (χ2v) is 5.51. The first-order valence-electron chi connectivity index (χ1n) is 6.41. The van der Waals surface area contributed by atoms with E-state index in [-0.39, 0.29) is 12.2 Å². The lowest BCUT2D eigenvalue weighted by molar-refractivity contribution is -0.0920. The number of alkyl halides is 1. The Hall–Kier alpha value is 0.130. The summed E-state index contributed by atoms with van der Waals surface area (Å²) in [7, 11) is 2.15. The van der Waals surface area contributed by atoms with Crippen LogP contribution in [-0.4, -0.2) is 80.4 Å². The molecule has 3 unspecified atom stereocenters. The van der Waals surface area contributed by atoms with Gasteiger partial charge in [-0.2, -0.15) is 0 Å².